The number of nitrogens with one attached hydrogen (secondary N) is 1. The van der Waals surface area contributed by atoms with E-state index in [1.54, 1.807) is 12.1 Å². The Morgan fingerprint density at radius 3 is 2.48 bits per heavy atom. The standard InChI is InChI=1S/C37H41N5O4/c1-40-17-19-41(20-18-40)23-33(43)42-16-15-27-21-29(12-14-32(27)42)38-35(26-9-3-2-4-10-26)34-30-13-11-28(22-31(30)39-36(34)44)37(45)46-24-25-7-5-6-8-25/h2-4,9-14,21-22,25,34H,5-8,15-20,23-24H2,1H3,(H,39,44). The Labute approximate surface area is 270 Å². The highest BCUT2D eigenvalue weighted by molar-refractivity contribution is 6.24. The fraction of sp³-hybridized carbons (Fsp3) is 0.405. The van der Waals surface area contributed by atoms with Crippen LogP contribution in [0.3, 0.4) is 0 Å². The van der Waals surface area contributed by atoms with Crippen LogP contribution in [0.1, 0.15) is 58.6 Å². The summed E-state index contributed by atoms with van der Waals surface area (Å²) in [6.45, 7) is 5.30. The molecule has 4 aliphatic rings. The van der Waals surface area contributed by atoms with E-state index in [1.807, 2.05) is 59.5 Å². The summed E-state index contributed by atoms with van der Waals surface area (Å²) in [5, 5.41) is 2.99. The lowest BCUT2D eigenvalue weighted by molar-refractivity contribution is -0.120. The number of hydrogen-bond acceptors (Lipinski definition) is 7. The molecule has 1 N–H and O–H groups in total. The highest BCUT2D eigenvalue weighted by Crippen LogP contribution is 2.38. The van der Waals surface area contributed by atoms with E-state index in [9.17, 15) is 14.4 Å². The van der Waals surface area contributed by atoms with E-state index in [1.165, 1.54) is 12.8 Å². The van der Waals surface area contributed by atoms with Crippen molar-refractivity contribution in [1.82, 2.24) is 9.80 Å². The number of nitrogens with zero attached hydrogens (tertiary/aromatic N) is 4. The van der Waals surface area contributed by atoms with Crippen molar-refractivity contribution in [2.75, 3.05) is 63.1 Å². The Kier molecular flexibility index (Phi) is 8.69. The fourth-order valence-electron chi connectivity index (χ4n) is 7.16. The molecular weight excluding hydrogens is 578 g/mol. The van der Waals surface area contributed by atoms with Gasteiger partial charge in [0.15, 0.2) is 0 Å². The Bertz CT molecular complexity index is 1660. The smallest absolute Gasteiger partial charge is 0.338 e. The first-order valence-corrected chi connectivity index (χ1v) is 16.5. The molecule has 3 heterocycles. The number of benzene rings is 3. The number of likely N-dealkylation sites (N-methyl/N-ethyl adjacent to an activating group) is 1. The first-order valence-electron chi connectivity index (χ1n) is 16.5. The van der Waals surface area contributed by atoms with E-state index < -0.39 is 5.92 Å². The Hall–Kier alpha value is -4.34. The maximum atomic E-state index is 13.5. The molecule has 0 aromatic heterocycles. The number of aliphatic imine (C=N–C) groups is 1. The Morgan fingerprint density at radius 1 is 0.913 bits per heavy atom. The predicted molar refractivity (Wildman–Crippen MR) is 179 cm³/mol. The molecule has 0 bridgehead atoms. The van der Waals surface area contributed by atoms with Gasteiger partial charge >= 0.3 is 5.97 Å². The second-order valence-corrected chi connectivity index (χ2v) is 13.0. The van der Waals surface area contributed by atoms with E-state index in [0.29, 0.717) is 42.6 Å². The van der Waals surface area contributed by atoms with Crippen molar-refractivity contribution < 1.29 is 19.1 Å². The number of anilines is 2. The third kappa shape index (κ3) is 6.34. The maximum absolute atomic E-state index is 13.5. The van der Waals surface area contributed by atoms with Gasteiger partial charge in [-0.3, -0.25) is 19.5 Å². The SMILES string of the molecule is CN1CCN(CC(=O)N2CCc3cc(N=C(c4ccccc4)C4C(=O)Nc5cc(C(=O)OCC6CCCC6)ccc54)ccc32)CC1. The minimum absolute atomic E-state index is 0.130. The Morgan fingerprint density at radius 2 is 1.70 bits per heavy atom. The first kappa shape index (κ1) is 30.3. The molecule has 238 valence electrons. The number of carbonyl (C=O) groups is 3. The van der Waals surface area contributed by atoms with Gasteiger partial charge in [0.05, 0.1) is 30.1 Å². The number of rotatable bonds is 8. The molecule has 1 saturated heterocycles. The normalized spacial score (nSPS) is 20.5. The molecule has 1 atom stereocenters. The molecule has 1 saturated carbocycles. The van der Waals surface area contributed by atoms with Crippen LogP contribution in [0, 0.1) is 5.92 Å². The van der Waals surface area contributed by atoms with Crippen molar-refractivity contribution in [3.8, 4) is 0 Å². The number of piperazine rings is 1. The Balaban J connectivity index is 1.13. The number of fused-ring (bicyclic) bond motifs is 2. The van der Waals surface area contributed by atoms with E-state index in [4.69, 9.17) is 9.73 Å². The number of ether oxygens (including phenoxy) is 1. The van der Waals surface area contributed by atoms with E-state index >= 15 is 0 Å². The second kappa shape index (κ2) is 13.2. The summed E-state index contributed by atoms with van der Waals surface area (Å²) in [6, 6.07) is 21.0. The maximum Gasteiger partial charge on any atom is 0.338 e. The summed E-state index contributed by atoms with van der Waals surface area (Å²) in [7, 11) is 2.11. The van der Waals surface area contributed by atoms with Crippen molar-refractivity contribution in [3.63, 3.8) is 0 Å². The van der Waals surface area contributed by atoms with Crippen LogP contribution in [0.2, 0.25) is 0 Å². The second-order valence-electron chi connectivity index (χ2n) is 13.0. The zero-order valence-corrected chi connectivity index (χ0v) is 26.4. The van der Waals surface area contributed by atoms with E-state index in [0.717, 1.165) is 73.5 Å². The monoisotopic (exact) mass is 619 g/mol. The third-order valence-corrected chi connectivity index (χ3v) is 9.85. The summed E-state index contributed by atoms with van der Waals surface area (Å²) >= 11 is 0. The zero-order valence-electron chi connectivity index (χ0n) is 26.4. The van der Waals surface area contributed by atoms with Crippen LogP contribution in [0.25, 0.3) is 0 Å². The largest absolute Gasteiger partial charge is 0.462 e. The average Bonchev–Trinajstić information content (AvgIpc) is 3.82. The minimum Gasteiger partial charge on any atom is -0.462 e. The quantitative estimate of drug-likeness (QED) is 0.281. The predicted octanol–water partition coefficient (Wildman–Crippen LogP) is 5.03. The molecule has 2 amide bonds. The summed E-state index contributed by atoms with van der Waals surface area (Å²) in [6.07, 6.45) is 5.36. The highest BCUT2D eigenvalue weighted by Gasteiger charge is 2.36. The summed E-state index contributed by atoms with van der Waals surface area (Å²) in [5.41, 5.74) is 6.06. The van der Waals surface area contributed by atoms with Crippen molar-refractivity contribution in [3.05, 3.63) is 89.0 Å². The van der Waals surface area contributed by atoms with Crippen LogP contribution in [0.5, 0.6) is 0 Å². The zero-order chi connectivity index (χ0) is 31.6. The van der Waals surface area contributed by atoms with Crippen molar-refractivity contribution in [1.29, 1.82) is 0 Å². The molecule has 0 spiro atoms. The van der Waals surface area contributed by atoms with Gasteiger partial charge in [-0.05, 0) is 79.3 Å². The van der Waals surface area contributed by atoms with Gasteiger partial charge in [-0.25, -0.2) is 4.79 Å². The van der Waals surface area contributed by atoms with Gasteiger partial charge in [-0.15, -0.1) is 0 Å². The molecule has 1 aliphatic carbocycles. The summed E-state index contributed by atoms with van der Waals surface area (Å²) in [4.78, 5) is 51.2. The molecule has 3 aromatic carbocycles. The molecular formula is C37H41N5O4. The van der Waals surface area contributed by atoms with Crippen molar-refractivity contribution >= 4 is 40.6 Å². The van der Waals surface area contributed by atoms with Gasteiger partial charge in [0, 0.05) is 44.1 Å². The highest BCUT2D eigenvalue weighted by atomic mass is 16.5. The number of esters is 1. The number of amides is 2. The molecule has 46 heavy (non-hydrogen) atoms. The van der Waals surface area contributed by atoms with Gasteiger partial charge in [0.1, 0.15) is 5.92 Å². The van der Waals surface area contributed by atoms with Crippen LogP contribution in [0.4, 0.5) is 17.1 Å². The third-order valence-electron chi connectivity index (χ3n) is 9.85. The molecule has 0 radical (unpaired) electrons. The molecule has 3 aromatic rings. The van der Waals surface area contributed by atoms with Crippen molar-refractivity contribution in [2.45, 2.75) is 38.0 Å². The van der Waals surface area contributed by atoms with Crippen molar-refractivity contribution in [2.24, 2.45) is 10.9 Å². The first-order chi connectivity index (χ1) is 22.4. The minimum atomic E-state index is -0.643. The lowest BCUT2D eigenvalue weighted by Crippen LogP contribution is -2.48. The average molecular weight is 620 g/mol. The molecule has 1 unspecified atom stereocenters. The molecule has 3 aliphatic heterocycles. The van der Waals surface area contributed by atoms with Gasteiger partial charge in [-0.1, -0.05) is 49.2 Å². The molecule has 9 nitrogen and oxygen atoms in total. The van der Waals surface area contributed by atoms with Gasteiger partial charge in [-0.2, -0.15) is 0 Å². The van der Waals surface area contributed by atoms with Crippen LogP contribution in [-0.2, 0) is 20.7 Å². The van der Waals surface area contributed by atoms with E-state index in [2.05, 4.69) is 22.2 Å². The van der Waals surface area contributed by atoms with Gasteiger partial charge < -0.3 is 19.9 Å². The lowest BCUT2D eigenvalue weighted by Gasteiger charge is -2.32. The van der Waals surface area contributed by atoms with Crippen LogP contribution in [0.15, 0.2) is 71.7 Å². The van der Waals surface area contributed by atoms with Gasteiger partial charge in [0.2, 0.25) is 11.8 Å². The van der Waals surface area contributed by atoms with Crippen LogP contribution < -0.4 is 10.2 Å². The molecule has 7 rings (SSSR count). The summed E-state index contributed by atoms with van der Waals surface area (Å²) in [5.74, 6) is -0.618. The van der Waals surface area contributed by atoms with E-state index in [-0.39, 0.29) is 17.8 Å². The number of carbonyl (C=O) groups excluding carboxylic acids is 3. The van der Waals surface area contributed by atoms with Gasteiger partial charge in [0.25, 0.3) is 0 Å². The molecule has 2 fully saturated rings. The fourth-order valence-corrected chi connectivity index (χ4v) is 7.16. The lowest BCUT2D eigenvalue weighted by atomic mass is 9.90. The molecule has 9 heteroatoms. The van der Waals surface area contributed by atoms with Crippen LogP contribution in [-0.4, -0.2) is 86.2 Å². The summed E-state index contributed by atoms with van der Waals surface area (Å²) < 4.78 is 5.62. The topological polar surface area (TPSA) is 94.5 Å². The number of hydrogen-bond donors (Lipinski definition) is 1. The van der Waals surface area contributed by atoms with Crippen LogP contribution >= 0.6 is 0 Å².